The van der Waals surface area contributed by atoms with Crippen LogP contribution in [-0.2, 0) is 13.0 Å². The van der Waals surface area contributed by atoms with Crippen LogP contribution in [0.1, 0.15) is 29.4 Å². The fourth-order valence-corrected chi connectivity index (χ4v) is 3.56. The van der Waals surface area contributed by atoms with Crippen molar-refractivity contribution in [3.05, 3.63) is 71.5 Å². The van der Waals surface area contributed by atoms with Gasteiger partial charge in [0.15, 0.2) is 5.82 Å². The van der Waals surface area contributed by atoms with Crippen LogP contribution in [0.25, 0.3) is 5.69 Å². The first kappa shape index (κ1) is 15.6. The van der Waals surface area contributed by atoms with Crippen molar-refractivity contribution in [3.63, 3.8) is 0 Å². The second-order valence-electron chi connectivity index (χ2n) is 6.20. The first-order valence-corrected chi connectivity index (χ1v) is 8.45. The van der Waals surface area contributed by atoms with Gasteiger partial charge in [-0.25, -0.2) is 0 Å². The fourth-order valence-electron chi connectivity index (χ4n) is 3.56. The molecule has 1 aliphatic carbocycles. The Hall–Kier alpha value is -2.97. The largest absolute Gasteiger partial charge is 0.278 e. The number of aromatic nitrogens is 4. The lowest BCUT2D eigenvalue weighted by Gasteiger charge is -2.27. The van der Waals surface area contributed by atoms with Gasteiger partial charge in [0.2, 0.25) is 0 Å². The van der Waals surface area contributed by atoms with Gasteiger partial charge in [-0.2, -0.15) is 4.68 Å². The maximum absolute atomic E-state index is 5.65. The highest BCUT2D eigenvalue weighted by molar-refractivity contribution is 5.35. The number of hydrogen-bond donors (Lipinski definition) is 0. The molecule has 0 bridgehead atoms. The van der Waals surface area contributed by atoms with E-state index < -0.39 is 0 Å². The van der Waals surface area contributed by atoms with Gasteiger partial charge < -0.3 is 0 Å². The molecule has 3 aromatic rings. The van der Waals surface area contributed by atoms with Crippen LogP contribution in [0.15, 0.2) is 54.6 Å². The normalized spacial score (nSPS) is 15.9. The maximum atomic E-state index is 5.65. The number of aryl methyl sites for hydroxylation is 1. The van der Waals surface area contributed by atoms with Gasteiger partial charge in [-0.05, 0) is 46.5 Å². The molecule has 1 aliphatic rings. The zero-order valence-corrected chi connectivity index (χ0v) is 13.9. The highest BCUT2D eigenvalue weighted by atomic mass is 15.5. The number of para-hydroxylation sites is 1. The number of hydrogen-bond acceptors (Lipinski definition) is 4. The van der Waals surface area contributed by atoms with Crippen LogP contribution < -0.4 is 0 Å². The van der Waals surface area contributed by atoms with E-state index in [-0.39, 0.29) is 0 Å². The number of terminal acetylenes is 1. The van der Waals surface area contributed by atoms with Gasteiger partial charge >= 0.3 is 0 Å². The van der Waals surface area contributed by atoms with E-state index in [1.165, 1.54) is 11.1 Å². The first-order chi connectivity index (χ1) is 12.4. The molecule has 0 amide bonds. The second-order valence-corrected chi connectivity index (χ2v) is 6.20. The number of nitrogens with zero attached hydrogens (tertiary/aromatic N) is 5. The Balaban J connectivity index is 1.63. The standard InChI is InChI=1S/C20H19N5/c1-2-14-24(19-13-12-16-8-6-7-11-18(16)19)15-20-21-22-23-25(20)17-9-4-3-5-10-17/h1,3-11,19H,12-15H2/t19-/m1/s1. The van der Waals surface area contributed by atoms with Crippen molar-refractivity contribution in [2.45, 2.75) is 25.4 Å². The van der Waals surface area contributed by atoms with E-state index >= 15 is 0 Å². The maximum Gasteiger partial charge on any atom is 0.170 e. The SMILES string of the molecule is C#CCN(Cc1nnnn1-c1ccccc1)[C@@H]1CCc2ccccc21. The van der Waals surface area contributed by atoms with E-state index in [0.29, 0.717) is 19.1 Å². The van der Waals surface area contributed by atoms with Crippen molar-refractivity contribution in [3.8, 4) is 18.0 Å². The molecule has 1 atom stereocenters. The Morgan fingerprint density at radius 3 is 2.76 bits per heavy atom. The number of benzene rings is 2. The zero-order chi connectivity index (χ0) is 17.1. The summed E-state index contributed by atoms with van der Waals surface area (Å²) in [5.74, 6) is 3.59. The highest BCUT2D eigenvalue weighted by Gasteiger charge is 2.28. The predicted molar refractivity (Wildman–Crippen MR) is 95.9 cm³/mol. The highest BCUT2D eigenvalue weighted by Crippen LogP contribution is 2.36. The molecule has 1 aromatic heterocycles. The molecular formula is C20H19N5. The van der Waals surface area contributed by atoms with Crippen LogP contribution >= 0.6 is 0 Å². The van der Waals surface area contributed by atoms with E-state index in [2.05, 4.69) is 50.6 Å². The minimum atomic E-state index is 0.313. The molecular weight excluding hydrogens is 310 g/mol. The summed E-state index contributed by atoms with van der Waals surface area (Å²) in [6, 6.07) is 18.9. The molecule has 4 rings (SSSR count). The molecule has 1 heterocycles. The van der Waals surface area contributed by atoms with Gasteiger partial charge in [0.05, 0.1) is 18.8 Å². The van der Waals surface area contributed by atoms with Crippen LogP contribution in [0.2, 0.25) is 0 Å². The van der Waals surface area contributed by atoms with E-state index in [1.807, 2.05) is 30.3 Å². The molecule has 0 N–H and O–H groups in total. The van der Waals surface area contributed by atoms with Crippen molar-refractivity contribution in [1.82, 2.24) is 25.1 Å². The zero-order valence-electron chi connectivity index (χ0n) is 13.9. The molecule has 0 radical (unpaired) electrons. The third-order valence-electron chi connectivity index (χ3n) is 4.72. The summed E-state index contributed by atoms with van der Waals surface area (Å²) in [4.78, 5) is 2.29. The monoisotopic (exact) mass is 329 g/mol. The van der Waals surface area contributed by atoms with Crippen LogP contribution in [0.4, 0.5) is 0 Å². The van der Waals surface area contributed by atoms with E-state index in [9.17, 15) is 0 Å². The third-order valence-corrected chi connectivity index (χ3v) is 4.72. The summed E-state index contributed by atoms with van der Waals surface area (Å²) < 4.78 is 1.78. The van der Waals surface area contributed by atoms with Crippen LogP contribution in [0.5, 0.6) is 0 Å². The lowest BCUT2D eigenvalue weighted by atomic mass is 10.1. The average molecular weight is 329 g/mol. The lowest BCUT2D eigenvalue weighted by Crippen LogP contribution is -2.29. The Labute approximate surface area is 147 Å². The van der Waals surface area contributed by atoms with Crippen molar-refractivity contribution in [2.75, 3.05) is 6.54 Å². The Kier molecular flexibility index (Phi) is 4.28. The average Bonchev–Trinajstić information content (AvgIpc) is 3.29. The Morgan fingerprint density at radius 1 is 1.12 bits per heavy atom. The molecule has 0 aliphatic heterocycles. The van der Waals surface area contributed by atoms with E-state index in [0.717, 1.165) is 24.4 Å². The van der Waals surface area contributed by atoms with Gasteiger partial charge in [0.25, 0.3) is 0 Å². The van der Waals surface area contributed by atoms with Gasteiger partial charge in [0, 0.05) is 6.04 Å². The molecule has 0 saturated carbocycles. The van der Waals surface area contributed by atoms with Crippen molar-refractivity contribution >= 4 is 0 Å². The van der Waals surface area contributed by atoms with Crippen molar-refractivity contribution < 1.29 is 0 Å². The van der Waals surface area contributed by atoms with E-state index in [1.54, 1.807) is 4.68 Å². The van der Waals surface area contributed by atoms with Crippen LogP contribution in [0.3, 0.4) is 0 Å². The molecule has 0 fully saturated rings. The summed E-state index contributed by atoms with van der Waals surface area (Å²) in [5.41, 5.74) is 3.74. The van der Waals surface area contributed by atoms with E-state index in [4.69, 9.17) is 6.42 Å². The minimum Gasteiger partial charge on any atom is -0.278 e. The molecule has 124 valence electrons. The molecule has 0 spiro atoms. The van der Waals surface area contributed by atoms with Crippen molar-refractivity contribution in [1.29, 1.82) is 0 Å². The summed E-state index contributed by atoms with van der Waals surface area (Å²) in [7, 11) is 0. The quantitative estimate of drug-likeness (QED) is 0.675. The summed E-state index contributed by atoms with van der Waals surface area (Å²) in [6.07, 6.45) is 7.81. The molecule has 25 heavy (non-hydrogen) atoms. The van der Waals surface area contributed by atoms with Gasteiger partial charge in [0.1, 0.15) is 0 Å². The van der Waals surface area contributed by atoms with Crippen LogP contribution in [0, 0.1) is 12.3 Å². The Bertz CT molecular complexity index is 894. The van der Waals surface area contributed by atoms with Gasteiger partial charge in [-0.3, -0.25) is 4.90 Å². The second kappa shape index (κ2) is 6.88. The molecule has 0 saturated heterocycles. The molecule has 5 nitrogen and oxygen atoms in total. The molecule has 2 aromatic carbocycles. The summed E-state index contributed by atoms with van der Waals surface area (Å²) in [5, 5.41) is 12.2. The smallest absolute Gasteiger partial charge is 0.170 e. The summed E-state index contributed by atoms with van der Waals surface area (Å²) >= 11 is 0. The fraction of sp³-hybridized carbons (Fsp3) is 0.250. The van der Waals surface area contributed by atoms with Gasteiger partial charge in [-0.15, -0.1) is 11.5 Å². The number of tetrazole rings is 1. The number of fused-ring (bicyclic) bond motifs is 1. The lowest BCUT2D eigenvalue weighted by molar-refractivity contribution is 0.206. The predicted octanol–water partition coefficient (Wildman–Crippen LogP) is 2.79. The molecule has 5 heteroatoms. The first-order valence-electron chi connectivity index (χ1n) is 8.45. The van der Waals surface area contributed by atoms with Crippen molar-refractivity contribution in [2.24, 2.45) is 0 Å². The Morgan fingerprint density at radius 2 is 1.92 bits per heavy atom. The van der Waals surface area contributed by atoms with Gasteiger partial charge in [-0.1, -0.05) is 48.4 Å². The number of rotatable bonds is 5. The topological polar surface area (TPSA) is 46.8 Å². The summed E-state index contributed by atoms with van der Waals surface area (Å²) in [6.45, 7) is 1.19. The van der Waals surface area contributed by atoms with Crippen LogP contribution in [-0.4, -0.2) is 31.7 Å². The minimum absolute atomic E-state index is 0.313. The third kappa shape index (κ3) is 3.04. The molecule has 0 unspecified atom stereocenters.